The van der Waals surface area contributed by atoms with Crippen molar-refractivity contribution in [3.63, 3.8) is 0 Å². The summed E-state index contributed by atoms with van der Waals surface area (Å²) in [5.41, 5.74) is 4.31. The molecule has 1 N–H and O–H groups in total. The number of nitrogens with one attached hydrogen (secondary N) is 1. The van der Waals surface area contributed by atoms with Crippen molar-refractivity contribution in [2.75, 3.05) is 27.2 Å². The molecule has 0 radical (unpaired) electrons. The van der Waals surface area contributed by atoms with Gasteiger partial charge in [0.25, 0.3) is 8.32 Å². The van der Waals surface area contributed by atoms with Crippen LogP contribution in [0.15, 0.2) is 34.8 Å². The lowest BCUT2D eigenvalue weighted by Crippen LogP contribution is -2.59. The number of carbonyl (C=O) groups excluding carboxylic acids is 1. The Labute approximate surface area is 196 Å². The van der Waals surface area contributed by atoms with Gasteiger partial charge in [-0.2, -0.15) is 0 Å². The summed E-state index contributed by atoms with van der Waals surface area (Å²) in [6, 6.07) is -0.0539. The number of ether oxygens (including phenoxy) is 1. The molecule has 0 saturated heterocycles. The van der Waals surface area contributed by atoms with Crippen LogP contribution in [-0.2, 0) is 14.0 Å². The monoisotopic (exact) mass is 460 g/mol. The number of carbonyl (C=O) groups is 1. The van der Waals surface area contributed by atoms with Crippen molar-refractivity contribution in [2.45, 2.75) is 90.4 Å². The zero-order valence-electron chi connectivity index (χ0n) is 21.7. The van der Waals surface area contributed by atoms with Gasteiger partial charge in [0.2, 0.25) is 0 Å². The van der Waals surface area contributed by atoms with E-state index < -0.39 is 13.7 Å². The molecular weight excluding hydrogens is 416 g/mol. The SMILES string of the molecule is CNC1=C(C)CCN2CC=CC3=C(O[Si](C(C)C)(C(C)C)C(C)C)CC[C@]1(C(=O)OC)[C@@H]32. The zero-order valence-corrected chi connectivity index (χ0v) is 22.7. The summed E-state index contributed by atoms with van der Waals surface area (Å²) in [4.78, 5) is 16.0. The Morgan fingerprint density at radius 3 is 2.31 bits per heavy atom. The van der Waals surface area contributed by atoms with Gasteiger partial charge in [-0.15, -0.1) is 0 Å². The third-order valence-corrected chi connectivity index (χ3v) is 14.3. The van der Waals surface area contributed by atoms with Gasteiger partial charge in [-0.25, -0.2) is 0 Å². The summed E-state index contributed by atoms with van der Waals surface area (Å²) in [5, 5.41) is 3.43. The molecule has 0 spiro atoms. The van der Waals surface area contributed by atoms with Crippen molar-refractivity contribution in [2.24, 2.45) is 5.41 Å². The lowest BCUT2D eigenvalue weighted by Gasteiger charge is -2.51. The smallest absolute Gasteiger partial charge is 0.319 e. The minimum Gasteiger partial charge on any atom is -0.545 e. The number of nitrogens with zero attached hydrogens (tertiary/aromatic N) is 1. The van der Waals surface area contributed by atoms with Crippen LogP contribution >= 0.6 is 0 Å². The summed E-state index contributed by atoms with van der Waals surface area (Å²) in [7, 11) is 1.38. The predicted octanol–water partition coefficient (Wildman–Crippen LogP) is 5.52. The third kappa shape index (κ3) is 3.67. The molecule has 2 heterocycles. The van der Waals surface area contributed by atoms with Gasteiger partial charge < -0.3 is 14.5 Å². The molecule has 0 aromatic rings. The van der Waals surface area contributed by atoms with Gasteiger partial charge in [0, 0.05) is 37.8 Å². The fraction of sp³-hybridized carbons (Fsp3) is 0.731. The van der Waals surface area contributed by atoms with E-state index in [4.69, 9.17) is 9.16 Å². The predicted molar refractivity (Wildman–Crippen MR) is 134 cm³/mol. The lowest BCUT2D eigenvalue weighted by molar-refractivity contribution is -0.155. The summed E-state index contributed by atoms with van der Waals surface area (Å²) >= 11 is 0. The number of esters is 1. The minimum atomic E-state index is -2.09. The van der Waals surface area contributed by atoms with E-state index in [-0.39, 0.29) is 12.0 Å². The maximum Gasteiger partial charge on any atom is 0.319 e. The summed E-state index contributed by atoms with van der Waals surface area (Å²) < 4.78 is 12.7. The first kappa shape index (κ1) is 25.1. The molecule has 3 rings (SSSR count). The molecule has 0 aromatic carbocycles. The second kappa shape index (κ2) is 9.38. The Morgan fingerprint density at radius 2 is 1.78 bits per heavy atom. The average molecular weight is 461 g/mol. The van der Waals surface area contributed by atoms with Crippen molar-refractivity contribution in [1.29, 1.82) is 0 Å². The molecule has 2 aliphatic heterocycles. The Balaban J connectivity index is 2.22. The van der Waals surface area contributed by atoms with Gasteiger partial charge in [0.15, 0.2) is 0 Å². The highest BCUT2D eigenvalue weighted by Crippen LogP contribution is 2.53. The van der Waals surface area contributed by atoms with E-state index in [1.54, 1.807) is 0 Å². The number of hydrogen-bond acceptors (Lipinski definition) is 5. The van der Waals surface area contributed by atoms with Crippen molar-refractivity contribution in [3.8, 4) is 0 Å². The van der Waals surface area contributed by atoms with Crippen LogP contribution in [0.1, 0.15) is 67.7 Å². The normalized spacial score (nSPS) is 26.6. The molecular formula is C26H44N2O3Si. The Morgan fingerprint density at radius 1 is 1.16 bits per heavy atom. The number of rotatable bonds is 7. The quantitative estimate of drug-likeness (QED) is 0.400. The topological polar surface area (TPSA) is 50.8 Å². The van der Waals surface area contributed by atoms with Gasteiger partial charge in [-0.3, -0.25) is 9.69 Å². The molecule has 0 bridgehead atoms. The van der Waals surface area contributed by atoms with E-state index in [0.29, 0.717) is 23.0 Å². The van der Waals surface area contributed by atoms with Crippen LogP contribution in [0.5, 0.6) is 0 Å². The van der Waals surface area contributed by atoms with Crippen LogP contribution in [0, 0.1) is 5.41 Å². The second-order valence-corrected chi connectivity index (χ2v) is 16.1. The average Bonchev–Trinajstić information content (AvgIpc) is 2.87. The van der Waals surface area contributed by atoms with E-state index in [1.807, 2.05) is 7.05 Å². The standard InChI is InChI=1S/C26H44N2O3Si/c1-17(2)32(18(3)4,19(5)6)31-22-12-14-26(25(29)30-9)23(27-8)20(7)13-16-28-15-10-11-21(22)24(26)28/h10-11,17-19,24,27H,12-16H2,1-9H3/t24-,26-/m1/s1. The fourth-order valence-corrected chi connectivity index (χ4v) is 12.4. The molecule has 180 valence electrons. The molecule has 0 saturated carbocycles. The molecule has 1 aliphatic carbocycles. The van der Waals surface area contributed by atoms with E-state index in [9.17, 15) is 4.79 Å². The molecule has 32 heavy (non-hydrogen) atoms. The van der Waals surface area contributed by atoms with Crippen LogP contribution in [0.3, 0.4) is 0 Å². The van der Waals surface area contributed by atoms with Crippen molar-refractivity contribution in [3.05, 3.63) is 34.8 Å². The van der Waals surface area contributed by atoms with E-state index in [1.165, 1.54) is 18.3 Å². The third-order valence-electron chi connectivity index (χ3n) is 8.29. The van der Waals surface area contributed by atoms with Crippen LogP contribution in [0.2, 0.25) is 16.6 Å². The Kier molecular flexibility index (Phi) is 7.35. The van der Waals surface area contributed by atoms with Gasteiger partial charge in [-0.1, -0.05) is 59.3 Å². The van der Waals surface area contributed by atoms with Crippen LogP contribution in [0.25, 0.3) is 0 Å². The van der Waals surface area contributed by atoms with Crippen LogP contribution in [0.4, 0.5) is 0 Å². The number of methoxy groups -OCH3 is 1. The molecule has 0 fully saturated rings. The zero-order chi connectivity index (χ0) is 23.8. The van der Waals surface area contributed by atoms with Crippen LogP contribution < -0.4 is 5.32 Å². The molecule has 6 heteroatoms. The molecule has 0 amide bonds. The van der Waals surface area contributed by atoms with Gasteiger partial charge in [0.05, 0.1) is 18.9 Å². The Bertz CT molecular complexity index is 805. The first-order valence-corrected chi connectivity index (χ1v) is 14.5. The van der Waals surface area contributed by atoms with Crippen LogP contribution in [-0.4, -0.2) is 52.5 Å². The van der Waals surface area contributed by atoms with E-state index in [2.05, 4.69) is 70.8 Å². The first-order valence-electron chi connectivity index (χ1n) is 12.4. The molecule has 2 atom stereocenters. The van der Waals surface area contributed by atoms with E-state index in [0.717, 1.165) is 37.4 Å². The second-order valence-electron chi connectivity index (χ2n) is 10.7. The van der Waals surface area contributed by atoms with Gasteiger partial charge in [0.1, 0.15) is 5.41 Å². The highest BCUT2D eigenvalue weighted by Gasteiger charge is 2.58. The van der Waals surface area contributed by atoms with Gasteiger partial charge >= 0.3 is 5.97 Å². The molecule has 3 aliphatic rings. The molecule has 5 nitrogen and oxygen atoms in total. The number of hydrogen-bond donors (Lipinski definition) is 1. The minimum absolute atomic E-state index is 0.0539. The van der Waals surface area contributed by atoms with Crippen molar-refractivity contribution >= 4 is 14.3 Å². The van der Waals surface area contributed by atoms with Gasteiger partial charge in [-0.05, 0) is 36.4 Å². The summed E-state index contributed by atoms with van der Waals surface area (Å²) in [6.07, 6.45) is 6.90. The Hall–Kier alpha value is -1.53. The highest BCUT2D eigenvalue weighted by molar-refractivity contribution is 6.77. The lowest BCUT2D eigenvalue weighted by atomic mass is 9.65. The molecule has 0 unspecified atom stereocenters. The van der Waals surface area contributed by atoms with Crippen molar-refractivity contribution in [1.82, 2.24) is 10.2 Å². The summed E-state index contributed by atoms with van der Waals surface area (Å²) in [5.74, 6) is 0.985. The van der Waals surface area contributed by atoms with Crippen molar-refractivity contribution < 1.29 is 14.0 Å². The molecule has 0 aromatic heterocycles. The number of allylic oxidation sites excluding steroid dienone is 1. The maximum atomic E-state index is 13.5. The first-order chi connectivity index (χ1) is 15.1. The summed E-state index contributed by atoms with van der Waals surface area (Å²) in [6.45, 7) is 17.9. The fourth-order valence-electron chi connectivity index (χ4n) is 7.03. The maximum absolute atomic E-state index is 13.5. The van der Waals surface area contributed by atoms with E-state index >= 15 is 0 Å². The highest BCUT2D eigenvalue weighted by atomic mass is 28.4. The largest absolute Gasteiger partial charge is 0.545 e.